The number of rotatable bonds is 4. The molecule has 0 heterocycles. The van der Waals surface area contributed by atoms with Gasteiger partial charge in [-0.3, -0.25) is 9.59 Å². The molecular weight excluding hydrogens is 266 g/mol. The molecule has 110 valence electrons. The van der Waals surface area contributed by atoms with Crippen LogP contribution in [0.4, 0.5) is 5.69 Å². The number of primary amides is 1. The summed E-state index contributed by atoms with van der Waals surface area (Å²) < 4.78 is 0. The molecular formula is C16H19N3O2. The van der Waals surface area contributed by atoms with Crippen molar-refractivity contribution in [2.45, 2.75) is 13.8 Å². The molecule has 0 unspecified atom stereocenters. The third-order valence-corrected chi connectivity index (χ3v) is 3.52. The molecule has 0 radical (unpaired) electrons. The summed E-state index contributed by atoms with van der Waals surface area (Å²) in [4.78, 5) is 23.5. The fourth-order valence-electron chi connectivity index (χ4n) is 1.94. The van der Waals surface area contributed by atoms with Crippen molar-refractivity contribution in [1.29, 1.82) is 0 Å². The van der Waals surface area contributed by atoms with Crippen LogP contribution >= 0.6 is 0 Å². The van der Waals surface area contributed by atoms with E-state index in [1.165, 1.54) is 0 Å². The summed E-state index contributed by atoms with van der Waals surface area (Å²) in [6.45, 7) is 3.52. The molecule has 0 aromatic heterocycles. The van der Waals surface area contributed by atoms with Crippen LogP contribution in [0, 0.1) is 5.41 Å². The summed E-state index contributed by atoms with van der Waals surface area (Å²) in [5.41, 5.74) is 11.2. The van der Waals surface area contributed by atoms with Gasteiger partial charge in [0.1, 0.15) is 0 Å². The van der Waals surface area contributed by atoms with E-state index in [9.17, 15) is 9.59 Å². The Morgan fingerprint density at radius 3 is 2.29 bits per heavy atom. The van der Waals surface area contributed by atoms with Crippen LogP contribution < -0.4 is 16.8 Å². The second-order valence-electron chi connectivity index (χ2n) is 5.72. The van der Waals surface area contributed by atoms with Crippen molar-refractivity contribution in [2.75, 3.05) is 12.3 Å². The maximum Gasteiger partial charge on any atom is 0.253 e. The van der Waals surface area contributed by atoms with Crippen molar-refractivity contribution < 1.29 is 9.59 Å². The van der Waals surface area contributed by atoms with E-state index in [4.69, 9.17) is 11.5 Å². The topological polar surface area (TPSA) is 98.2 Å². The normalized spacial score (nSPS) is 11.3. The van der Waals surface area contributed by atoms with Gasteiger partial charge in [0.05, 0.1) is 11.0 Å². The number of nitrogen functional groups attached to an aromatic ring is 1. The van der Waals surface area contributed by atoms with Crippen molar-refractivity contribution in [3.8, 4) is 0 Å². The molecule has 21 heavy (non-hydrogen) atoms. The monoisotopic (exact) mass is 285 g/mol. The van der Waals surface area contributed by atoms with E-state index in [2.05, 4.69) is 5.32 Å². The lowest BCUT2D eigenvalue weighted by Crippen LogP contribution is -2.42. The highest BCUT2D eigenvalue weighted by molar-refractivity contribution is 6.04. The molecule has 2 rings (SSSR count). The average molecular weight is 285 g/mol. The minimum absolute atomic E-state index is 0.160. The first-order valence-corrected chi connectivity index (χ1v) is 6.67. The highest BCUT2D eigenvalue weighted by Crippen LogP contribution is 2.22. The summed E-state index contributed by atoms with van der Waals surface area (Å²) in [5, 5.41) is 4.62. The zero-order chi connectivity index (χ0) is 15.6. The lowest BCUT2D eigenvalue weighted by Gasteiger charge is -2.21. The van der Waals surface area contributed by atoms with Gasteiger partial charge in [0.2, 0.25) is 5.91 Å². The minimum Gasteiger partial charge on any atom is -0.398 e. The Morgan fingerprint density at radius 2 is 1.71 bits per heavy atom. The summed E-state index contributed by atoms with van der Waals surface area (Å²) in [6, 6.07) is 11.2. The molecule has 0 aliphatic heterocycles. The van der Waals surface area contributed by atoms with Gasteiger partial charge < -0.3 is 16.8 Å². The first-order valence-electron chi connectivity index (χ1n) is 6.67. The van der Waals surface area contributed by atoms with Crippen LogP contribution in [-0.4, -0.2) is 18.4 Å². The van der Waals surface area contributed by atoms with E-state index >= 15 is 0 Å². The molecule has 2 amide bonds. The molecule has 0 saturated heterocycles. The first-order chi connectivity index (χ1) is 9.81. The summed E-state index contributed by atoms with van der Waals surface area (Å²) >= 11 is 0. The van der Waals surface area contributed by atoms with Crippen LogP contribution in [0.15, 0.2) is 36.4 Å². The molecule has 0 aliphatic carbocycles. The number of carbonyl (C=O) groups excluding carboxylic acids is 2. The summed E-state index contributed by atoms with van der Waals surface area (Å²) in [5.74, 6) is -0.776. The SMILES string of the molecule is CC(C)(CNC(=O)c1cc2ccccc2cc1N)C(N)=O. The fraction of sp³-hybridized carbons (Fsp3) is 0.250. The van der Waals surface area contributed by atoms with Crippen LogP contribution in [0.5, 0.6) is 0 Å². The number of amides is 2. The summed E-state index contributed by atoms with van der Waals surface area (Å²) in [7, 11) is 0. The zero-order valence-corrected chi connectivity index (χ0v) is 12.1. The average Bonchev–Trinajstić information content (AvgIpc) is 2.44. The Labute approximate surface area is 123 Å². The summed E-state index contributed by atoms with van der Waals surface area (Å²) in [6.07, 6.45) is 0. The molecule has 0 bridgehead atoms. The number of benzene rings is 2. The molecule has 0 atom stereocenters. The Kier molecular flexibility index (Phi) is 3.84. The van der Waals surface area contributed by atoms with Gasteiger partial charge >= 0.3 is 0 Å². The number of anilines is 1. The highest BCUT2D eigenvalue weighted by Gasteiger charge is 2.26. The third kappa shape index (κ3) is 3.13. The lowest BCUT2D eigenvalue weighted by atomic mass is 9.92. The molecule has 0 aliphatic rings. The van der Waals surface area contributed by atoms with Crippen molar-refractivity contribution in [1.82, 2.24) is 5.32 Å². The standard InChI is InChI=1S/C16H19N3O2/c1-16(2,15(18)21)9-19-14(20)12-7-10-5-3-4-6-11(10)8-13(12)17/h3-8H,9,17H2,1-2H3,(H2,18,21)(H,19,20). The van der Waals surface area contributed by atoms with Crippen LogP contribution in [-0.2, 0) is 4.79 Å². The number of carbonyl (C=O) groups is 2. The zero-order valence-electron chi connectivity index (χ0n) is 12.1. The molecule has 2 aromatic rings. The van der Waals surface area contributed by atoms with Crippen molar-refractivity contribution in [3.63, 3.8) is 0 Å². The molecule has 2 aromatic carbocycles. The van der Waals surface area contributed by atoms with E-state index in [1.54, 1.807) is 26.0 Å². The second kappa shape index (κ2) is 5.44. The number of hydrogen-bond donors (Lipinski definition) is 3. The number of nitrogens with one attached hydrogen (secondary N) is 1. The molecule has 0 spiro atoms. The molecule has 5 heteroatoms. The van der Waals surface area contributed by atoms with Crippen LogP contribution in [0.25, 0.3) is 10.8 Å². The minimum atomic E-state index is -0.804. The van der Waals surface area contributed by atoms with Gasteiger partial charge in [0.25, 0.3) is 5.91 Å². The van der Waals surface area contributed by atoms with Crippen molar-refractivity contribution in [3.05, 3.63) is 42.0 Å². The van der Waals surface area contributed by atoms with E-state index in [0.29, 0.717) is 11.3 Å². The first kappa shape index (κ1) is 14.8. The van der Waals surface area contributed by atoms with Gasteiger partial charge in [-0.15, -0.1) is 0 Å². The number of fused-ring (bicyclic) bond motifs is 1. The number of nitrogens with two attached hydrogens (primary N) is 2. The predicted octanol–water partition coefficient (Wildman–Crippen LogP) is 1.66. The van der Waals surface area contributed by atoms with E-state index in [0.717, 1.165) is 10.8 Å². The lowest BCUT2D eigenvalue weighted by molar-refractivity contribution is -0.125. The highest BCUT2D eigenvalue weighted by atomic mass is 16.2. The maximum absolute atomic E-state index is 12.2. The number of hydrogen-bond acceptors (Lipinski definition) is 3. The fourth-order valence-corrected chi connectivity index (χ4v) is 1.94. The van der Waals surface area contributed by atoms with Gasteiger partial charge in [0.15, 0.2) is 0 Å². The van der Waals surface area contributed by atoms with Crippen molar-refractivity contribution in [2.24, 2.45) is 11.1 Å². The molecule has 0 fully saturated rings. The Balaban J connectivity index is 2.23. The van der Waals surface area contributed by atoms with E-state index in [-0.39, 0.29) is 12.5 Å². The van der Waals surface area contributed by atoms with Gasteiger partial charge in [-0.25, -0.2) is 0 Å². The van der Waals surface area contributed by atoms with E-state index in [1.807, 2.05) is 24.3 Å². The molecule has 5 nitrogen and oxygen atoms in total. The largest absolute Gasteiger partial charge is 0.398 e. The van der Waals surface area contributed by atoms with Gasteiger partial charge in [-0.1, -0.05) is 24.3 Å². The third-order valence-electron chi connectivity index (χ3n) is 3.52. The Morgan fingerprint density at radius 1 is 1.14 bits per heavy atom. The van der Waals surface area contributed by atoms with Crippen LogP contribution in [0.3, 0.4) is 0 Å². The van der Waals surface area contributed by atoms with Gasteiger partial charge in [-0.05, 0) is 36.8 Å². The van der Waals surface area contributed by atoms with Gasteiger partial charge in [0, 0.05) is 12.2 Å². The molecule has 0 saturated carbocycles. The van der Waals surface area contributed by atoms with E-state index < -0.39 is 11.3 Å². The predicted molar refractivity (Wildman–Crippen MR) is 83.7 cm³/mol. The van der Waals surface area contributed by atoms with Gasteiger partial charge in [-0.2, -0.15) is 0 Å². The second-order valence-corrected chi connectivity index (χ2v) is 5.72. The van der Waals surface area contributed by atoms with Crippen LogP contribution in [0.2, 0.25) is 0 Å². The Bertz CT molecular complexity index is 708. The molecule has 5 N–H and O–H groups in total. The quantitative estimate of drug-likeness (QED) is 0.745. The van der Waals surface area contributed by atoms with Crippen LogP contribution in [0.1, 0.15) is 24.2 Å². The Hall–Kier alpha value is -2.56. The van der Waals surface area contributed by atoms with Crippen molar-refractivity contribution >= 4 is 28.3 Å². The maximum atomic E-state index is 12.2. The smallest absolute Gasteiger partial charge is 0.253 e.